The predicted octanol–water partition coefficient (Wildman–Crippen LogP) is 3.65. The van der Waals surface area contributed by atoms with Gasteiger partial charge in [-0.15, -0.1) is 0 Å². The first kappa shape index (κ1) is 19.4. The van der Waals surface area contributed by atoms with E-state index in [-0.39, 0.29) is 5.88 Å². The number of ether oxygens (including phenoxy) is 2. The van der Waals surface area contributed by atoms with Crippen LogP contribution in [0.3, 0.4) is 0 Å². The number of benzene rings is 1. The van der Waals surface area contributed by atoms with E-state index in [2.05, 4.69) is 4.98 Å². The zero-order valence-corrected chi connectivity index (χ0v) is 16.3. The molecule has 0 aliphatic heterocycles. The molecular formula is C19H25NO4S. The van der Waals surface area contributed by atoms with Gasteiger partial charge in [-0.2, -0.15) is 4.98 Å². The summed E-state index contributed by atoms with van der Waals surface area (Å²) in [6.45, 7) is 7.71. The molecule has 136 valence electrons. The van der Waals surface area contributed by atoms with Gasteiger partial charge in [-0.25, -0.2) is 4.21 Å². The van der Waals surface area contributed by atoms with E-state index in [9.17, 15) is 9.32 Å². The Kier molecular flexibility index (Phi) is 5.85. The fourth-order valence-electron chi connectivity index (χ4n) is 2.38. The molecule has 0 spiro atoms. The van der Waals surface area contributed by atoms with Crippen LogP contribution >= 0.6 is 0 Å². The molecule has 1 aromatic heterocycles. The lowest BCUT2D eigenvalue weighted by molar-refractivity contribution is 0.0595. The van der Waals surface area contributed by atoms with Crippen LogP contribution < -0.4 is 9.47 Å². The summed E-state index contributed by atoms with van der Waals surface area (Å²) in [6.07, 6.45) is -0.859. The molecule has 2 rings (SSSR count). The van der Waals surface area contributed by atoms with E-state index in [0.717, 1.165) is 5.56 Å². The number of pyridine rings is 1. The van der Waals surface area contributed by atoms with E-state index in [1.54, 1.807) is 6.07 Å². The molecule has 1 N–H and O–H groups in total. The third-order valence-electron chi connectivity index (χ3n) is 3.88. The van der Waals surface area contributed by atoms with Gasteiger partial charge in [-0.1, -0.05) is 38.5 Å². The van der Waals surface area contributed by atoms with Gasteiger partial charge in [0.2, 0.25) is 11.8 Å². The highest BCUT2D eigenvalue weighted by Crippen LogP contribution is 2.41. The number of hydrogen-bond donors (Lipinski definition) is 1. The van der Waals surface area contributed by atoms with Crippen LogP contribution in [-0.2, 0) is 10.8 Å². The molecule has 5 nitrogen and oxygen atoms in total. The van der Waals surface area contributed by atoms with Crippen LogP contribution in [0, 0.1) is 12.3 Å². The second-order valence-electron chi connectivity index (χ2n) is 6.94. The minimum Gasteiger partial charge on any atom is -0.481 e. The van der Waals surface area contributed by atoms with Crippen LogP contribution in [0.1, 0.15) is 38.0 Å². The summed E-state index contributed by atoms with van der Waals surface area (Å²) in [7, 11) is 1.41. The van der Waals surface area contributed by atoms with Gasteiger partial charge in [-0.05, 0) is 24.5 Å². The Labute approximate surface area is 151 Å². The molecule has 6 heteroatoms. The predicted molar refractivity (Wildman–Crippen MR) is 97.6 cm³/mol. The van der Waals surface area contributed by atoms with Crippen molar-refractivity contribution in [3.63, 3.8) is 0 Å². The summed E-state index contributed by atoms with van der Waals surface area (Å²) >= 11 is 0. The number of aryl methyl sites for hydroxylation is 1. The van der Waals surface area contributed by atoms with Crippen molar-refractivity contribution in [1.82, 2.24) is 4.98 Å². The van der Waals surface area contributed by atoms with Gasteiger partial charge < -0.3 is 14.6 Å². The first-order valence-electron chi connectivity index (χ1n) is 7.98. The first-order valence-corrected chi connectivity index (χ1v) is 9.13. The van der Waals surface area contributed by atoms with E-state index in [1.807, 2.05) is 52.0 Å². The Bertz CT molecular complexity index is 766. The SMILES string of the molecule is COc1cc([C@@H](O)C(C)(C)C)c(S(=O)c2ccc(C)cc2)c(OC)n1. The van der Waals surface area contributed by atoms with Crippen LogP contribution in [0.15, 0.2) is 40.1 Å². The molecule has 0 radical (unpaired) electrons. The topological polar surface area (TPSA) is 68.7 Å². The molecule has 0 amide bonds. The Hall–Kier alpha value is -1.92. The standard InChI is InChI=1S/C19H25NO4S/c1-12-7-9-13(10-8-12)25(22)16-14(17(21)19(2,3)4)11-15(23-5)20-18(16)24-6/h7-11,17,21H,1-6H3/t17-,25?/m1/s1. The third-order valence-corrected chi connectivity index (χ3v) is 5.37. The molecule has 25 heavy (non-hydrogen) atoms. The summed E-state index contributed by atoms with van der Waals surface area (Å²) in [5.74, 6) is 0.497. The zero-order valence-electron chi connectivity index (χ0n) is 15.5. The number of methoxy groups -OCH3 is 2. The average Bonchev–Trinajstić information content (AvgIpc) is 2.59. The van der Waals surface area contributed by atoms with Gasteiger partial charge in [0, 0.05) is 16.5 Å². The van der Waals surface area contributed by atoms with E-state index in [1.165, 1.54) is 14.2 Å². The van der Waals surface area contributed by atoms with Gasteiger partial charge in [0.05, 0.1) is 31.1 Å². The summed E-state index contributed by atoms with van der Waals surface area (Å²) < 4.78 is 23.8. The molecule has 1 unspecified atom stereocenters. The van der Waals surface area contributed by atoms with Crippen molar-refractivity contribution in [3.8, 4) is 11.8 Å². The summed E-state index contributed by atoms with van der Waals surface area (Å²) in [4.78, 5) is 5.24. The zero-order chi connectivity index (χ0) is 18.8. The Morgan fingerprint density at radius 2 is 1.72 bits per heavy atom. The van der Waals surface area contributed by atoms with Gasteiger partial charge in [-0.3, -0.25) is 0 Å². The van der Waals surface area contributed by atoms with E-state index >= 15 is 0 Å². The lowest BCUT2D eigenvalue weighted by Gasteiger charge is -2.28. The molecule has 1 heterocycles. The second-order valence-corrected chi connectivity index (χ2v) is 8.36. The fourth-order valence-corrected chi connectivity index (χ4v) is 3.67. The summed E-state index contributed by atoms with van der Waals surface area (Å²) in [5, 5.41) is 10.8. The minimum atomic E-state index is -1.55. The molecule has 0 fully saturated rings. The van der Waals surface area contributed by atoms with Gasteiger partial charge in [0.1, 0.15) is 4.90 Å². The van der Waals surface area contributed by atoms with E-state index < -0.39 is 22.3 Å². The highest BCUT2D eigenvalue weighted by molar-refractivity contribution is 7.85. The third kappa shape index (κ3) is 4.19. The molecule has 0 aliphatic rings. The van der Waals surface area contributed by atoms with Crippen LogP contribution in [0.5, 0.6) is 11.8 Å². The molecule has 2 aromatic rings. The van der Waals surface area contributed by atoms with Crippen molar-refractivity contribution >= 4 is 10.8 Å². The second kappa shape index (κ2) is 7.54. The van der Waals surface area contributed by atoms with Crippen LogP contribution in [-0.4, -0.2) is 28.5 Å². The molecule has 0 saturated carbocycles. The number of aromatic nitrogens is 1. The monoisotopic (exact) mass is 363 g/mol. The number of rotatable bonds is 5. The maximum Gasteiger partial charge on any atom is 0.233 e. The smallest absolute Gasteiger partial charge is 0.233 e. The summed E-state index contributed by atoms with van der Waals surface area (Å²) in [6, 6.07) is 9.04. The number of hydrogen-bond acceptors (Lipinski definition) is 5. The normalized spacial score (nSPS) is 14.0. The van der Waals surface area contributed by atoms with Crippen molar-refractivity contribution in [1.29, 1.82) is 0 Å². The number of nitrogens with zero attached hydrogens (tertiary/aromatic N) is 1. The highest BCUT2D eigenvalue weighted by Gasteiger charge is 2.31. The van der Waals surface area contributed by atoms with Crippen molar-refractivity contribution in [2.24, 2.45) is 5.41 Å². The molecule has 0 aliphatic carbocycles. The van der Waals surface area contributed by atoms with Gasteiger partial charge in [0.25, 0.3) is 0 Å². The molecule has 1 aromatic carbocycles. The molecule has 0 bridgehead atoms. The average molecular weight is 363 g/mol. The lowest BCUT2D eigenvalue weighted by atomic mass is 9.85. The van der Waals surface area contributed by atoms with E-state index in [4.69, 9.17) is 9.47 Å². The Morgan fingerprint density at radius 3 is 2.20 bits per heavy atom. The van der Waals surface area contributed by atoms with Crippen molar-refractivity contribution in [2.45, 2.75) is 43.6 Å². The maximum atomic E-state index is 13.2. The van der Waals surface area contributed by atoms with Crippen molar-refractivity contribution < 1.29 is 18.8 Å². The number of aliphatic hydroxyl groups is 1. The van der Waals surface area contributed by atoms with Crippen molar-refractivity contribution in [3.05, 3.63) is 41.5 Å². The van der Waals surface area contributed by atoms with Crippen LogP contribution in [0.25, 0.3) is 0 Å². The van der Waals surface area contributed by atoms with E-state index in [0.29, 0.717) is 21.2 Å². The fraction of sp³-hybridized carbons (Fsp3) is 0.421. The Balaban J connectivity index is 2.69. The Morgan fingerprint density at radius 1 is 1.12 bits per heavy atom. The largest absolute Gasteiger partial charge is 0.481 e. The minimum absolute atomic E-state index is 0.191. The molecular weight excluding hydrogens is 338 g/mol. The van der Waals surface area contributed by atoms with Gasteiger partial charge in [0.15, 0.2) is 0 Å². The van der Waals surface area contributed by atoms with Gasteiger partial charge >= 0.3 is 0 Å². The summed E-state index contributed by atoms with van der Waals surface area (Å²) in [5.41, 5.74) is 1.12. The highest BCUT2D eigenvalue weighted by atomic mass is 32.2. The first-order chi connectivity index (χ1) is 11.7. The van der Waals surface area contributed by atoms with Crippen LogP contribution in [0.4, 0.5) is 0 Å². The molecule has 2 atom stereocenters. The number of aliphatic hydroxyl groups excluding tert-OH is 1. The maximum absolute atomic E-state index is 13.2. The lowest BCUT2D eigenvalue weighted by Crippen LogP contribution is -2.20. The van der Waals surface area contributed by atoms with Crippen LogP contribution in [0.2, 0.25) is 0 Å². The molecule has 0 saturated heterocycles. The van der Waals surface area contributed by atoms with Crippen molar-refractivity contribution in [2.75, 3.05) is 14.2 Å². The quantitative estimate of drug-likeness (QED) is 0.878.